The molecule has 1 radical (unpaired) electrons. The van der Waals surface area contributed by atoms with Crippen molar-refractivity contribution in [1.82, 2.24) is 0 Å². The fraction of sp³-hybridized carbons (Fsp3) is 0.857. The third kappa shape index (κ3) is 6.47. The van der Waals surface area contributed by atoms with E-state index in [0.717, 1.165) is 32.1 Å². The van der Waals surface area contributed by atoms with Gasteiger partial charge in [0.15, 0.2) is 5.78 Å². The number of carbonyl (C=O) groups is 1. The number of Topliss-reactive ketones (excluding diaryl/α,β-unsaturated/α-hetero) is 1. The first-order valence-electron chi connectivity index (χ1n) is 6.85. The molecule has 2 atom stereocenters. The number of hydrogen-bond acceptors (Lipinski definition) is 5. The van der Waals surface area contributed by atoms with Crippen LogP contribution >= 0.6 is 0 Å². The van der Waals surface area contributed by atoms with E-state index >= 15 is 0 Å². The van der Waals surface area contributed by atoms with Crippen molar-refractivity contribution in [2.24, 2.45) is 0 Å². The van der Waals surface area contributed by atoms with Gasteiger partial charge in [-0.3, -0.25) is 4.79 Å². The zero-order valence-corrected chi connectivity index (χ0v) is 11.9. The zero-order valence-electron chi connectivity index (χ0n) is 11.9. The van der Waals surface area contributed by atoms with E-state index in [9.17, 15) is 4.79 Å². The number of methoxy groups -OCH3 is 2. The van der Waals surface area contributed by atoms with Crippen LogP contribution < -0.4 is 0 Å². The summed E-state index contributed by atoms with van der Waals surface area (Å²) in [6.07, 6.45) is 6.69. The minimum absolute atomic E-state index is 0.0973. The van der Waals surface area contributed by atoms with Crippen molar-refractivity contribution in [3.05, 3.63) is 6.42 Å². The van der Waals surface area contributed by atoms with Crippen LogP contribution in [0, 0.1) is 6.42 Å². The fourth-order valence-corrected chi connectivity index (χ4v) is 2.18. The molecule has 1 rings (SSSR count). The van der Waals surface area contributed by atoms with Gasteiger partial charge < -0.3 is 18.9 Å². The first-order chi connectivity index (χ1) is 9.29. The molecular formula is C14H25O5. The monoisotopic (exact) mass is 273 g/mol. The molecule has 0 heterocycles. The van der Waals surface area contributed by atoms with Crippen LogP contribution in [0.1, 0.15) is 38.5 Å². The molecule has 1 fully saturated rings. The van der Waals surface area contributed by atoms with E-state index in [0.29, 0.717) is 6.42 Å². The third-order valence-corrected chi connectivity index (χ3v) is 3.16. The Bertz CT molecular complexity index is 244. The summed E-state index contributed by atoms with van der Waals surface area (Å²) < 4.78 is 21.0. The molecule has 19 heavy (non-hydrogen) atoms. The molecule has 1 aliphatic carbocycles. The first-order valence-corrected chi connectivity index (χ1v) is 6.85. The Hall–Kier alpha value is -0.490. The minimum atomic E-state index is -0.554. The molecule has 0 aromatic rings. The largest absolute Gasteiger partial charge is 0.359 e. The number of ketones is 1. The van der Waals surface area contributed by atoms with Crippen LogP contribution in [-0.4, -0.2) is 45.8 Å². The molecular weight excluding hydrogens is 248 g/mol. The summed E-state index contributed by atoms with van der Waals surface area (Å²) in [6, 6.07) is 0. The predicted octanol–water partition coefficient (Wildman–Crippen LogP) is 2.09. The maximum Gasteiger partial charge on any atom is 0.164 e. The molecule has 0 N–H and O–H groups in total. The van der Waals surface area contributed by atoms with Crippen molar-refractivity contribution >= 4 is 5.78 Å². The van der Waals surface area contributed by atoms with Gasteiger partial charge in [-0.25, -0.2) is 0 Å². The lowest BCUT2D eigenvalue weighted by Gasteiger charge is -2.27. The van der Waals surface area contributed by atoms with Crippen molar-refractivity contribution in [3.8, 4) is 0 Å². The number of carbonyl (C=O) groups excluding carboxylic acids is 1. The first kappa shape index (κ1) is 16.6. The molecule has 111 valence electrons. The summed E-state index contributed by atoms with van der Waals surface area (Å²) >= 11 is 0. The second kappa shape index (κ2) is 10.3. The van der Waals surface area contributed by atoms with Crippen LogP contribution in [0.3, 0.4) is 0 Å². The lowest BCUT2D eigenvalue weighted by molar-refractivity contribution is -0.172. The van der Waals surface area contributed by atoms with E-state index in [-0.39, 0.29) is 25.5 Å². The summed E-state index contributed by atoms with van der Waals surface area (Å²) in [7, 11) is 3.11. The topological polar surface area (TPSA) is 54.0 Å². The van der Waals surface area contributed by atoms with Crippen molar-refractivity contribution in [2.75, 3.05) is 27.8 Å². The summed E-state index contributed by atoms with van der Waals surface area (Å²) in [4.78, 5) is 12.2. The molecule has 5 heteroatoms. The number of ether oxygens (including phenoxy) is 4. The van der Waals surface area contributed by atoms with Crippen LogP contribution in [0.4, 0.5) is 0 Å². The van der Waals surface area contributed by atoms with Gasteiger partial charge in [0.25, 0.3) is 0 Å². The molecule has 0 saturated heterocycles. The SMILES string of the molecule is COCOC1CC[CH]CCCCC(=O)C1OCOC. The van der Waals surface area contributed by atoms with Crippen LogP contribution in [0.15, 0.2) is 0 Å². The van der Waals surface area contributed by atoms with Crippen molar-refractivity contribution in [3.63, 3.8) is 0 Å². The second-order valence-corrected chi connectivity index (χ2v) is 4.68. The molecule has 5 nitrogen and oxygen atoms in total. The lowest BCUT2D eigenvalue weighted by Crippen LogP contribution is -2.39. The van der Waals surface area contributed by atoms with E-state index in [2.05, 4.69) is 6.42 Å². The van der Waals surface area contributed by atoms with Crippen LogP contribution in [0.2, 0.25) is 0 Å². The smallest absolute Gasteiger partial charge is 0.164 e. The predicted molar refractivity (Wildman–Crippen MR) is 70.5 cm³/mol. The Balaban J connectivity index is 2.64. The molecule has 0 aliphatic heterocycles. The van der Waals surface area contributed by atoms with Gasteiger partial charge in [0.2, 0.25) is 0 Å². The highest BCUT2D eigenvalue weighted by atomic mass is 16.7. The van der Waals surface area contributed by atoms with Gasteiger partial charge in [-0.05, 0) is 25.7 Å². The maximum absolute atomic E-state index is 12.2. The van der Waals surface area contributed by atoms with Crippen molar-refractivity contribution in [1.29, 1.82) is 0 Å². The van der Waals surface area contributed by atoms with Gasteiger partial charge in [-0.15, -0.1) is 0 Å². The molecule has 0 aromatic carbocycles. The lowest BCUT2D eigenvalue weighted by atomic mass is 9.96. The zero-order chi connectivity index (χ0) is 13.9. The van der Waals surface area contributed by atoms with E-state index in [1.807, 2.05) is 0 Å². The van der Waals surface area contributed by atoms with Gasteiger partial charge in [0, 0.05) is 20.6 Å². The van der Waals surface area contributed by atoms with Gasteiger partial charge in [0.1, 0.15) is 19.7 Å². The van der Waals surface area contributed by atoms with Crippen molar-refractivity contribution < 1.29 is 23.7 Å². The van der Waals surface area contributed by atoms with Gasteiger partial charge in [-0.2, -0.15) is 0 Å². The van der Waals surface area contributed by atoms with E-state index in [4.69, 9.17) is 18.9 Å². The average Bonchev–Trinajstić information content (AvgIpc) is 2.42. The molecule has 0 aromatic heterocycles. The average molecular weight is 273 g/mol. The van der Waals surface area contributed by atoms with Gasteiger partial charge in [0.05, 0.1) is 6.10 Å². The van der Waals surface area contributed by atoms with Crippen LogP contribution in [0.5, 0.6) is 0 Å². The Kier molecular flexibility index (Phi) is 8.99. The number of rotatable bonds is 6. The Labute approximate surface area is 115 Å². The molecule has 0 amide bonds. The van der Waals surface area contributed by atoms with Gasteiger partial charge >= 0.3 is 0 Å². The van der Waals surface area contributed by atoms with Crippen molar-refractivity contribution in [2.45, 2.75) is 50.7 Å². The summed E-state index contributed by atoms with van der Waals surface area (Å²) in [6.45, 7) is 0.276. The Morgan fingerprint density at radius 1 is 1.11 bits per heavy atom. The van der Waals surface area contributed by atoms with E-state index in [1.165, 1.54) is 0 Å². The quantitative estimate of drug-likeness (QED) is 0.694. The molecule has 1 saturated carbocycles. The molecule has 0 spiro atoms. The van der Waals surface area contributed by atoms with E-state index < -0.39 is 6.10 Å². The Morgan fingerprint density at radius 3 is 2.58 bits per heavy atom. The highest BCUT2D eigenvalue weighted by molar-refractivity contribution is 5.83. The highest BCUT2D eigenvalue weighted by Crippen LogP contribution is 2.19. The maximum atomic E-state index is 12.2. The normalized spacial score (nSPS) is 26.3. The molecule has 0 bridgehead atoms. The molecule has 1 aliphatic rings. The summed E-state index contributed by atoms with van der Waals surface area (Å²) in [5, 5.41) is 0. The van der Waals surface area contributed by atoms with E-state index in [1.54, 1.807) is 14.2 Å². The summed E-state index contributed by atoms with van der Waals surface area (Å²) in [5.41, 5.74) is 0. The standard InChI is InChI=1S/C14H25O5/c1-16-10-18-13-9-7-5-3-4-6-8-12(15)14(13)19-11-17-2/h5,13-14H,3-4,6-11H2,1-2H3. The van der Waals surface area contributed by atoms with Gasteiger partial charge in [-0.1, -0.05) is 12.8 Å². The fourth-order valence-electron chi connectivity index (χ4n) is 2.18. The summed E-state index contributed by atoms with van der Waals surface area (Å²) in [5.74, 6) is 0.0973. The Morgan fingerprint density at radius 2 is 1.84 bits per heavy atom. The minimum Gasteiger partial charge on any atom is -0.359 e. The van der Waals surface area contributed by atoms with Crippen LogP contribution in [0.25, 0.3) is 0 Å². The highest BCUT2D eigenvalue weighted by Gasteiger charge is 2.29. The second-order valence-electron chi connectivity index (χ2n) is 4.68. The molecule has 2 unspecified atom stereocenters. The number of hydrogen-bond donors (Lipinski definition) is 0. The third-order valence-electron chi connectivity index (χ3n) is 3.16. The van der Waals surface area contributed by atoms with Crippen LogP contribution in [-0.2, 0) is 23.7 Å².